The predicted molar refractivity (Wildman–Crippen MR) is 64.1 cm³/mol. The van der Waals surface area contributed by atoms with E-state index in [1.54, 1.807) is 13.0 Å². The zero-order chi connectivity index (χ0) is 11.4. The molecule has 1 unspecified atom stereocenters. The maximum atomic E-state index is 13.1. The average Bonchev–Trinajstić information content (AvgIpc) is 2.24. The molecule has 5 heteroatoms. The zero-order valence-electron chi connectivity index (χ0n) is 8.23. The van der Waals surface area contributed by atoms with E-state index in [-0.39, 0.29) is 11.7 Å². The molecule has 0 bridgehead atoms. The monoisotopic (exact) mass is 295 g/mol. The highest BCUT2D eigenvalue weighted by Crippen LogP contribution is 2.26. The van der Waals surface area contributed by atoms with Crippen molar-refractivity contribution in [3.63, 3.8) is 0 Å². The molecule has 0 aliphatic rings. The minimum absolute atomic E-state index is 0.175. The van der Waals surface area contributed by atoms with Crippen LogP contribution in [0.5, 0.6) is 0 Å². The third-order valence-electron chi connectivity index (χ3n) is 2.05. The number of aliphatic hydroxyl groups excluding tert-OH is 1. The van der Waals surface area contributed by atoms with Crippen LogP contribution >= 0.6 is 27.5 Å². The van der Waals surface area contributed by atoms with E-state index in [4.69, 9.17) is 11.6 Å². The number of hydrogen-bond donors (Lipinski definition) is 2. The van der Waals surface area contributed by atoms with Gasteiger partial charge in [0.2, 0.25) is 0 Å². The number of hydrogen-bond acceptors (Lipinski definition) is 2. The van der Waals surface area contributed by atoms with E-state index < -0.39 is 6.10 Å². The largest absolute Gasteiger partial charge is 0.390 e. The first kappa shape index (κ1) is 12.7. The van der Waals surface area contributed by atoms with Crippen molar-refractivity contribution in [2.45, 2.75) is 13.0 Å². The smallest absolute Gasteiger partial charge is 0.137 e. The van der Waals surface area contributed by atoms with Crippen LogP contribution in [0.15, 0.2) is 16.6 Å². The van der Waals surface area contributed by atoms with E-state index >= 15 is 0 Å². The normalized spacial score (nSPS) is 12.6. The maximum Gasteiger partial charge on any atom is 0.137 e. The molecule has 0 radical (unpaired) electrons. The number of nitrogens with one attached hydrogen (secondary N) is 1. The molecule has 2 nitrogen and oxygen atoms in total. The Kier molecular flexibility index (Phi) is 4.83. The summed E-state index contributed by atoms with van der Waals surface area (Å²) in [6.07, 6.45) is -0.602. The second-order valence-electron chi connectivity index (χ2n) is 3.22. The van der Waals surface area contributed by atoms with Crippen LogP contribution in [0, 0.1) is 12.7 Å². The van der Waals surface area contributed by atoms with Crippen LogP contribution in [-0.2, 0) is 0 Å². The standard InChI is InChI=1S/C10H12BrClFNO/c1-6-9(14-5-7(15)4-12)3-2-8(13)10(6)11/h2-3,7,14-15H,4-5H2,1H3. The number of benzene rings is 1. The van der Waals surface area contributed by atoms with Crippen molar-refractivity contribution in [1.29, 1.82) is 0 Å². The topological polar surface area (TPSA) is 32.3 Å². The number of rotatable bonds is 4. The first-order valence-electron chi connectivity index (χ1n) is 4.48. The minimum atomic E-state index is -0.602. The second-order valence-corrected chi connectivity index (χ2v) is 4.32. The number of halogens is 3. The molecular formula is C10H12BrClFNO. The fraction of sp³-hybridized carbons (Fsp3) is 0.400. The number of aliphatic hydroxyl groups is 1. The Morgan fingerprint density at radius 3 is 2.87 bits per heavy atom. The molecule has 0 heterocycles. The van der Waals surface area contributed by atoms with Crippen molar-refractivity contribution in [3.8, 4) is 0 Å². The molecule has 0 aliphatic heterocycles. The van der Waals surface area contributed by atoms with Crippen molar-refractivity contribution in [1.82, 2.24) is 0 Å². The van der Waals surface area contributed by atoms with Crippen LogP contribution in [0.1, 0.15) is 5.56 Å². The van der Waals surface area contributed by atoms with E-state index in [9.17, 15) is 9.50 Å². The van der Waals surface area contributed by atoms with Gasteiger partial charge in [-0.05, 0) is 40.5 Å². The molecular weight excluding hydrogens is 284 g/mol. The quantitative estimate of drug-likeness (QED) is 0.837. The third-order valence-corrected chi connectivity index (χ3v) is 3.38. The summed E-state index contributed by atoms with van der Waals surface area (Å²) >= 11 is 8.61. The van der Waals surface area contributed by atoms with E-state index in [0.29, 0.717) is 11.0 Å². The first-order chi connectivity index (χ1) is 7.06. The molecule has 0 saturated heterocycles. The van der Waals surface area contributed by atoms with Gasteiger partial charge in [-0.15, -0.1) is 11.6 Å². The molecule has 1 aromatic carbocycles. The summed E-state index contributed by atoms with van der Waals surface area (Å²) in [6, 6.07) is 3.00. The number of anilines is 1. The molecule has 0 fully saturated rings. The molecule has 0 aliphatic carbocycles. The molecule has 1 atom stereocenters. The van der Waals surface area contributed by atoms with Gasteiger partial charge < -0.3 is 10.4 Å². The highest BCUT2D eigenvalue weighted by Gasteiger charge is 2.08. The molecule has 0 spiro atoms. The Hall–Kier alpha value is -0.320. The molecule has 0 amide bonds. The molecule has 0 saturated carbocycles. The summed E-state index contributed by atoms with van der Waals surface area (Å²) in [5.74, 6) is -0.120. The highest BCUT2D eigenvalue weighted by atomic mass is 79.9. The molecule has 2 N–H and O–H groups in total. The lowest BCUT2D eigenvalue weighted by Gasteiger charge is -2.13. The van der Waals surface area contributed by atoms with Crippen LogP contribution in [0.4, 0.5) is 10.1 Å². The SMILES string of the molecule is Cc1c(NCC(O)CCl)ccc(F)c1Br. The van der Waals surface area contributed by atoms with Crippen LogP contribution in [0.25, 0.3) is 0 Å². The van der Waals surface area contributed by atoms with Crippen molar-refractivity contribution >= 4 is 33.2 Å². The minimum Gasteiger partial charge on any atom is -0.390 e. The van der Waals surface area contributed by atoms with Crippen molar-refractivity contribution in [3.05, 3.63) is 28.0 Å². The van der Waals surface area contributed by atoms with E-state index in [2.05, 4.69) is 21.2 Å². The molecule has 15 heavy (non-hydrogen) atoms. The lowest BCUT2D eigenvalue weighted by molar-refractivity contribution is 0.211. The van der Waals surface area contributed by atoms with Gasteiger partial charge >= 0.3 is 0 Å². The first-order valence-corrected chi connectivity index (χ1v) is 5.81. The van der Waals surface area contributed by atoms with Gasteiger partial charge in [0.15, 0.2) is 0 Å². The summed E-state index contributed by atoms with van der Waals surface area (Å²) in [6.45, 7) is 2.14. The van der Waals surface area contributed by atoms with Crippen LogP contribution in [0.3, 0.4) is 0 Å². The van der Waals surface area contributed by atoms with E-state index in [1.807, 2.05) is 0 Å². The molecule has 1 aromatic rings. The Bertz CT molecular complexity index is 348. The zero-order valence-corrected chi connectivity index (χ0v) is 10.6. The van der Waals surface area contributed by atoms with Crippen LogP contribution < -0.4 is 5.32 Å². The summed E-state index contributed by atoms with van der Waals surface area (Å²) < 4.78 is 13.5. The summed E-state index contributed by atoms with van der Waals surface area (Å²) in [7, 11) is 0. The van der Waals surface area contributed by atoms with E-state index in [1.165, 1.54) is 6.07 Å². The van der Waals surface area contributed by atoms with Crippen molar-refractivity contribution in [2.24, 2.45) is 0 Å². The molecule has 0 aromatic heterocycles. The van der Waals surface area contributed by atoms with E-state index in [0.717, 1.165) is 11.3 Å². The fourth-order valence-electron chi connectivity index (χ4n) is 1.13. The average molecular weight is 297 g/mol. The van der Waals surface area contributed by atoms with Gasteiger partial charge in [-0.2, -0.15) is 0 Å². The molecule has 84 valence electrons. The lowest BCUT2D eigenvalue weighted by atomic mass is 10.2. The Morgan fingerprint density at radius 1 is 1.60 bits per heavy atom. The van der Waals surface area contributed by atoms with Gasteiger partial charge in [0.25, 0.3) is 0 Å². The Balaban J connectivity index is 2.74. The fourth-order valence-corrected chi connectivity index (χ4v) is 1.58. The predicted octanol–water partition coefficient (Wildman–Crippen LogP) is 2.91. The van der Waals surface area contributed by atoms with Gasteiger partial charge in [0.05, 0.1) is 16.5 Å². The van der Waals surface area contributed by atoms with Crippen LogP contribution in [-0.4, -0.2) is 23.6 Å². The Morgan fingerprint density at radius 2 is 2.27 bits per heavy atom. The Labute approximate surface area is 102 Å². The van der Waals surface area contributed by atoms with Crippen molar-refractivity contribution < 1.29 is 9.50 Å². The third kappa shape index (κ3) is 3.33. The van der Waals surface area contributed by atoms with Gasteiger partial charge in [-0.1, -0.05) is 0 Å². The van der Waals surface area contributed by atoms with Gasteiger partial charge in [-0.25, -0.2) is 4.39 Å². The second kappa shape index (κ2) is 5.68. The van der Waals surface area contributed by atoms with Gasteiger partial charge in [0.1, 0.15) is 5.82 Å². The van der Waals surface area contributed by atoms with Crippen molar-refractivity contribution in [2.75, 3.05) is 17.7 Å². The summed E-state index contributed by atoms with van der Waals surface area (Å²) in [5, 5.41) is 12.3. The van der Waals surface area contributed by atoms with Gasteiger partial charge in [0, 0.05) is 12.2 Å². The molecule has 1 rings (SSSR count). The summed E-state index contributed by atoms with van der Waals surface area (Å²) in [5.41, 5.74) is 1.56. The summed E-state index contributed by atoms with van der Waals surface area (Å²) in [4.78, 5) is 0. The van der Waals surface area contributed by atoms with Crippen LogP contribution in [0.2, 0.25) is 0 Å². The van der Waals surface area contributed by atoms with Gasteiger partial charge in [-0.3, -0.25) is 0 Å². The number of alkyl halides is 1. The lowest BCUT2D eigenvalue weighted by Crippen LogP contribution is -2.21. The highest BCUT2D eigenvalue weighted by molar-refractivity contribution is 9.10. The maximum absolute atomic E-state index is 13.1.